The van der Waals surface area contributed by atoms with E-state index in [9.17, 15) is 0 Å². The fourth-order valence-electron chi connectivity index (χ4n) is 5.84. The van der Waals surface area contributed by atoms with Crippen molar-refractivity contribution in [1.29, 1.82) is 0 Å². The number of nitrogens with one attached hydrogen (secondary N) is 1. The van der Waals surface area contributed by atoms with E-state index >= 15 is 0 Å². The van der Waals surface area contributed by atoms with Gasteiger partial charge in [0.1, 0.15) is 0 Å². The van der Waals surface area contributed by atoms with Crippen LogP contribution in [0.25, 0.3) is 11.1 Å². The second-order valence-corrected chi connectivity index (χ2v) is 12.4. The van der Waals surface area contributed by atoms with Crippen molar-refractivity contribution in [1.82, 2.24) is 5.09 Å². The normalized spacial score (nSPS) is 13.3. The lowest BCUT2D eigenvalue weighted by molar-refractivity contribution is 0.543. The van der Waals surface area contributed by atoms with Gasteiger partial charge in [0.05, 0.1) is 17.8 Å². The molecule has 0 saturated carbocycles. The molecule has 42 heavy (non-hydrogen) atoms. The van der Waals surface area contributed by atoms with Gasteiger partial charge < -0.3 is 0 Å². The summed E-state index contributed by atoms with van der Waals surface area (Å²) in [5.41, 5.74) is 8.34. The summed E-state index contributed by atoms with van der Waals surface area (Å²) in [4.78, 5) is 5.71. The lowest BCUT2D eigenvalue weighted by Crippen LogP contribution is -2.30. The first-order valence-corrected chi connectivity index (χ1v) is 15.7. The molecule has 3 heteroatoms. The maximum atomic E-state index is 5.71. The van der Waals surface area contributed by atoms with Crippen molar-refractivity contribution in [3.05, 3.63) is 192 Å². The molecule has 0 fully saturated rings. The van der Waals surface area contributed by atoms with Gasteiger partial charge in [-0.05, 0) is 32.9 Å². The fraction of sp³-hybridized carbons (Fsp3) is 0.0513. The first kappa shape index (κ1) is 26.3. The minimum absolute atomic E-state index is 0.0763. The molecule has 0 saturated heterocycles. The zero-order valence-corrected chi connectivity index (χ0v) is 24.1. The third-order valence-corrected chi connectivity index (χ3v) is 10.0. The van der Waals surface area contributed by atoms with Crippen LogP contribution in [0.5, 0.6) is 0 Å². The van der Waals surface area contributed by atoms with E-state index in [1.807, 2.05) is 0 Å². The Labute approximate surface area is 249 Å². The van der Waals surface area contributed by atoms with Crippen molar-refractivity contribution in [3.63, 3.8) is 0 Å². The SMILES string of the molecule is c1ccc([C@@H](N=C2c3ccccc3-c3ccccc32)[C@H](NP(c2ccccc2)c2ccccc2)c2ccccc2)cc1. The predicted molar refractivity (Wildman–Crippen MR) is 178 cm³/mol. The second kappa shape index (κ2) is 12.1. The highest BCUT2D eigenvalue weighted by Crippen LogP contribution is 2.43. The van der Waals surface area contributed by atoms with Crippen LogP contribution < -0.4 is 15.7 Å². The smallest absolute Gasteiger partial charge is 0.0954 e. The second-order valence-electron chi connectivity index (χ2n) is 10.4. The molecule has 0 heterocycles. The number of benzene rings is 6. The van der Waals surface area contributed by atoms with Gasteiger partial charge in [-0.15, -0.1) is 0 Å². The minimum Gasteiger partial charge on any atom is -0.279 e. The fourth-order valence-corrected chi connectivity index (χ4v) is 7.95. The molecule has 0 aromatic heterocycles. The van der Waals surface area contributed by atoms with E-state index in [4.69, 9.17) is 4.99 Å². The highest BCUT2D eigenvalue weighted by atomic mass is 31.1. The molecule has 202 valence electrons. The molecule has 0 unspecified atom stereocenters. The molecule has 1 N–H and O–H groups in total. The molecule has 0 radical (unpaired) electrons. The summed E-state index contributed by atoms with van der Waals surface area (Å²) in [5, 5.41) is 6.76. The van der Waals surface area contributed by atoms with E-state index < -0.39 is 8.07 Å². The molecule has 0 bridgehead atoms. The first-order chi connectivity index (χ1) is 20.9. The minimum atomic E-state index is -0.879. The van der Waals surface area contributed by atoms with Crippen LogP contribution >= 0.6 is 8.07 Å². The van der Waals surface area contributed by atoms with Crippen LogP contribution in [0.2, 0.25) is 0 Å². The van der Waals surface area contributed by atoms with Crippen molar-refractivity contribution < 1.29 is 0 Å². The molecule has 0 aliphatic heterocycles. The van der Waals surface area contributed by atoms with Crippen molar-refractivity contribution in [3.8, 4) is 11.1 Å². The topological polar surface area (TPSA) is 24.4 Å². The Hall–Kier alpha value is -4.62. The van der Waals surface area contributed by atoms with Crippen LogP contribution in [0.15, 0.2) is 175 Å². The third kappa shape index (κ3) is 5.23. The maximum Gasteiger partial charge on any atom is 0.0954 e. The van der Waals surface area contributed by atoms with E-state index in [0.717, 1.165) is 5.71 Å². The van der Waals surface area contributed by atoms with Crippen molar-refractivity contribution in [2.45, 2.75) is 12.1 Å². The Morgan fingerprint density at radius 2 is 0.786 bits per heavy atom. The van der Waals surface area contributed by atoms with E-state index in [0.29, 0.717) is 0 Å². The number of fused-ring (bicyclic) bond motifs is 3. The molecular weight excluding hydrogens is 527 g/mol. The summed E-state index contributed by atoms with van der Waals surface area (Å²) in [6, 6.07) is 60.3. The van der Waals surface area contributed by atoms with Gasteiger partial charge in [-0.1, -0.05) is 170 Å². The van der Waals surface area contributed by atoms with Crippen molar-refractivity contribution in [2.24, 2.45) is 4.99 Å². The van der Waals surface area contributed by atoms with Gasteiger partial charge in [0.2, 0.25) is 0 Å². The van der Waals surface area contributed by atoms with E-state index in [2.05, 4.69) is 175 Å². The van der Waals surface area contributed by atoms with Gasteiger partial charge in [-0.2, -0.15) is 0 Å². The summed E-state index contributed by atoms with van der Waals surface area (Å²) >= 11 is 0. The predicted octanol–water partition coefficient (Wildman–Crippen LogP) is 8.62. The van der Waals surface area contributed by atoms with Crippen LogP contribution in [0.4, 0.5) is 0 Å². The van der Waals surface area contributed by atoms with E-state index in [1.54, 1.807) is 0 Å². The Morgan fingerprint density at radius 1 is 0.405 bits per heavy atom. The Morgan fingerprint density at radius 3 is 1.26 bits per heavy atom. The number of hydrogen-bond donors (Lipinski definition) is 1. The lowest BCUT2D eigenvalue weighted by atomic mass is 9.94. The van der Waals surface area contributed by atoms with Crippen molar-refractivity contribution in [2.75, 3.05) is 0 Å². The number of nitrogens with zero attached hydrogens (tertiary/aromatic N) is 1. The highest BCUT2D eigenvalue weighted by molar-refractivity contribution is 7.71. The average Bonchev–Trinajstić information content (AvgIpc) is 3.39. The number of rotatable bonds is 8. The number of aliphatic imine (C=N–C) groups is 1. The molecule has 1 aliphatic carbocycles. The van der Waals surface area contributed by atoms with Gasteiger partial charge in [-0.25, -0.2) is 0 Å². The van der Waals surface area contributed by atoms with Crippen LogP contribution in [0, 0.1) is 0 Å². The molecule has 7 rings (SSSR count). The molecule has 2 nitrogen and oxygen atoms in total. The monoisotopic (exact) mass is 558 g/mol. The zero-order valence-electron chi connectivity index (χ0n) is 23.2. The molecule has 1 aliphatic rings. The summed E-state index contributed by atoms with van der Waals surface area (Å²) in [7, 11) is -0.879. The molecule has 6 aromatic rings. The Bertz CT molecular complexity index is 1710. The molecule has 6 aromatic carbocycles. The Kier molecular flexibility index (Phi) is 7.57. The summed E-state index contributed by atoms with van der Waals surface area (Å²) in [5.74, 6) is 0. The van der Waals surface area contributed by atoms with E-state index in [-0.39, 0.29) is 12.1 Å². The average molecular weight is 559 g/mol. The summed E-state index contributed by atoms with van der Waals surface area (Å²) in [6.45, 7) is 0. The third-order valence-electron chi connectivity index (χ3n) is 7.84. The van der Waals surface area contributed by atoms with Gasteiger partial charge in [0, 0.05) is 19.2 Å². The number of hydrogen-bond acceptors (Lipinski definition) is 2. The lowest BCUT2D eigenvalue weighted by Gasteiger charge is -2.32. The van der Waals surface area contributed by atoms with Crippen LogP contribution in [-0.4, -0.2) is 5.71 Å². The highest BCUT2D eigenvalue weighted by Gasteiger charge is 2.31. The van der Waals surface area contributed by atoms with Gasteiger partial charge >= 0.3 is 0 Å². The van der Waals surface area contributed by atoms with Gasteiger partial charge in [-0.3, -0.25) is 10.1 Å². The van der Waals surface area contributed by atoms with Gasteiger partial charge in [0.25, 0.3) is 0 Å². The standard InChI is InChI=1S/C39H31N2P/c1-5-17-29(18-6-1)37(40-39-35-27-15-13-25-33(35)34-26-14-16-28-36(34)39)38(30-19-7-2-8-20-30)41-42(31-21-9-3-10-22-31)32-23-11-4-12-24-32/h1-28,37-38,41H/t37-,38-/m1/s1. The first-order valence-electron chi connectivity index (χ1n) is 14.4. The van der Waals surface area contributed by atoms with Gasteiger partial charge in [0.15, 0.2) is 0 Å². The van der Waals surface area contributed by atoms with Crippen molar-refractivity contribution >= 4 is 24.4 Å². The Balaban J connectivity index is 1.43. The van der Waals surface area contributed by atoms with Crippen LogP contribution in [-0.2, 0) is 0 Å². The summed E-state index contributed by atoms with van der Waals surface area (Å²) < 4.78 is 0. The summed E-state index contributed by atoms with van der Waals surface area (Å²) in [6.07, 6.45) is 0. The molecule has 2 atom stereocenters. The zero-order chi connectivity index (χ0) is 28.1. The maximum absolute atomic E-state index is 5.71. The molecular formula is C39H31N2P. The van der Waals surface area contributed by atoms with Crippen LogP contribution in [0.3, 0.4) is 0 Å². The quantitative estimate of drug-likeness (QED) is 0.186. The van der Waals surface area contributed by atoms with Crippen LogP contribution in [0.1, 0.15) is 34.3 Å². The largest absolute Gasteiger partial charge is 0.279 e. The molecule has 0 spiro atoms. The molecule has 0 amide bonds. The van der Waals surface area contributed by atoms with E-state index in [1.165, 1.54) is 44.0 Å².